The van der Waals surface area contributed by atoms with Crippen molar-refractivity contribution in [3.05, 3.63) is 70.3 Å². The molecule has 0 spiro atoms. The Morgan fingerprint density at radius 3 is 2.45 bits per heavy atom. The molecule has 29 heavy (non-hydrogen) atoms. The molecule has 0 saturated carbocycles. The number of carbonyl (C=O) groups excluding carboxylic acids is 3. The zero-order valence-corrected chi connectivity index (χ0v) is 16.9. The van der Waals surface area contributed by atoms with Crippen molar-refractivity contribution in [3.63, 3.8) is 0 Å². The molecule has 152 valence electrons. The summed E-state index contributed by atoms with van der Waals surface area (Å²) in [4.78, 5) is 38.6. The third-order valence-electron chi connectivity index (χ3n) is 5.32. The summed E-state index contributed by atoms with van der Waals surface area (Å²) in [6.45, 7) is 3.86. The highest BCUT2D eigenvalue weighted by molar-refractivity contribution is 5.87. The van der Waals surface area contributed by atoms with E-state index in [2.05, 4.69) is 0 Å². The maximum Gasteiger partial charge on any atom is 0.328 e. The number of methoxy groups -OCH3 is 1. The van der Waals surface area contributed by atoms with Gasteiger partial charge in [0, 0.05) is 13.0 Å². The van der Waals surface area contributed by atoms with Crippen LogP contribution in [0.5, 0.6) is 0 Å². The van der Waals surface area contributed by atoms with Gasteiger partial charge in [0.1, 0.15) is 6.04 Å². The Balaban J connectivity index is 1.64. The number of fused-ring (bicyclic) bond motifs is 1. The molecular weight excluding hydrogens is 370 g/mol. The van der Waals surface area contributed by atoms with E-state index in [-0.39, 0.29) is 13.0 Å². The number of esters is 2. The standard InChI is InChI=1S/C23H25NO5/c1-15-8-9-17(10-16(15)2)11-22(26)29-14-21(25)24-13-19-7-5-4-6-18(19)12-20(24)23(27)28-3/h4-10,20H,11-14H2,1-3H3/t20-/m1/s1. The van der Waals surface area contributed by atoms with Crippen LogP contribution in [0.3, 0.4) is 0 Å². The fraction of sp³-hybridized carbons (Fsp3) is 0.348. The van der Waals surface area contributed by atoms with Crippen LogP contribution in [-0.2, 0) is 43.2 Å². The van der Waals surface area contributed by atoms with E-state index in [1.807, 2.05) is 56.3 Å². The summed E-state index contributed by atoms with van der Waals surface area (Å²) < 4.78 is 10.1. The fourth-order valence-electron chi connectivity index (χ4n) is 3.49. The van der Waals surface area contributed by atoms with E-state index in [0.717, 1.165) is 27.8 Å². The van der Waals surface area contributed by atoms with Gasteiger partial charge < -0.3 is 14.4 Å². The lowest BCUT2D eigenvalue weighted by atomic mass is 9.94. The first-order valence-corrected chi connectivity index (χ1v) is 9.55. The summed E-state index contributed by atoms with van der Waals surface area (Å²) in [6, 6.07) is 12.7. The Bertz CT molecular complexity index is 937. The van der Waals surface area contributed by atoms with E-state index in [0.29, 0.717) is 6.42 Å². The molecule has 1 aliphatic heterocycles. The summed E-state index contributed by atoms with van der Waals surface area (Å²) in [7, 11) is 1.30. The van der Waals surface area contributed by atoms with Crippen molar-refractivity contribution in [1.29, 1.82) is 0 Å². The van der Waals surface area contributed by atoms with Crippen molar-refractivity contribution < 1.29 is 23.9 Å². The van der Waals surface area contributed by atoms with E-state index in [1.54, 1.807) is 0 Å². The molecule has 1 aliphatic rings. The van der Waals surface area contributed by atoms with Gasteiger partial charge in [0.2, 0.25) is 0 Å². The van der Waals surface area contributed by atoms with Crippen LogP contribution in [0.4, 0.5) is 0 Å². The van der Waals surface area contributed by atoms with Gasteiger partial charge in [-0.05, 0) is 41.7 Å². The molecule has 0 N–H and O–H groups in total. The number of rotatable bonds is 5. The molecule has 2 aromatic carbocycles. The molecule has 0 radical (unpaired) electrons. The molecule has 1 amide bonds. The van der Waals surface area contributed by atoms with Crippen LogP contribution >= 0.6 is 0 Å². The Labute approximate surface area is 170 Å². The van der Waals surface area contributed by atoms with Crippen LogP contribution < -0.4 is 0 Å². The van der Waals surface area contributed by atoms with E-state index >= 15 is 0 Å². The minimum absolute atomic E-state index is 0.0949. The normalized spacial score (nSPS) is 15.4. The van der Waals surface area contributed by atoms with E-state index < -0.39 is 30.5 Å². The number of aryl methyl sites for hydroxylation is 2. The molecule has 3 rings (SSSR count). The zero-order valence-electron chi connectivity index (χ0n) is 16.9. The predicted molar refractivity (Wildman–Crippen MR) is 107 cm³/mol. The third-order valence-corrected chi connectivity index (χ3v) is 5.32. The number of carbonyl (C=O) groups is 3. The number of amides is 1. The number of hydrogen-bond donors (Lipinski definition) is 0. The van der Waals surface area contributed by atoms with Crippen LogP contribution in [-0.4, -0.2) is 42.5 Å². The molecule has 6 heteroatoms. The second-order valence-corrected chi connectivity index (χ2v) is 7.29. The highest BCUT2D eigenvalue weighted by Gasteiger charge is 2.35. The number of ether oxygens (including phenoxy) is 2. The van der Waals surface area contributed by atoms with Gasteiger partial charge in [0.05, 0.1) is 13.5 Å². The predicted octanol–water partition coefficient (Wildman–Crippen LogP) is 2.52. The van der Waals surface area contributed by atoms with Crippen molar-refractivity contribution in [3.8, 4) is 0 Å². The van der Waals surface area contributed by atoms with Crippen LogP contribution in [0.2, 0.25) is 0 Å². The number of benzene rings is 2. The molecule has 1 atom stereocenters. The second kappa shape index (κ2) is 8.90. The van der Waals surface area contributed by atoms with Crippen molar-refractivity contribution in [2.75, 3.05) is 13.7 Å². The quantitative estimate of drug-likeness (QED) is 0.728. The second-order valence-electron chi connectivity index (χ2n) is 7.29. The first kappa shape index (κ1) is 20.6. The Morgan fingerprint density at radius 2 is 1.76 bits per heavy atom. The van der Waals surface area contributed by atoms with Gasteiger partial charge in [0.25, 0.3) is 5.91 Å². The molecule has 0 unspecified atom stereocenters. The third kappa shape index (κ3) is 4.83. The zero-order chi connectivity index (χ0) is 21.0. The van der Waals surface area contributed by atoms with E-state index in [1.165, 1.54) is 12.0 Å². The maximum absolute atomic E-state index is 12.7. The Hall–Kier alpha value is -3.15. The number of nitrogens with zero attached hydrogens (tertiary/aromatic N) is 1. The molecule has 0 aliphatic carbocycles. The van der Waals surface area contributed by atoms with Gasteiger partial charge in [-0.15, -0.1) is 0 Å². The summed E-state index contributed by atoms with van der Waals surface area (Å²) in [6.07, 6.45) is 0.475. The van der Waals surface area contributed by atoms with Gasteiger partial charge in [-0.25, -0.2) is 4.79 Å². The lowest BCUT2D eigenvalue weighted by Gasteiger charge is -2.35. The first-order chi connectivity index (χ1) is 13.9. The van der Waals surface area contributed by atoms with Crippen LogP contribution in [0.25, 0.3) is 0 Å². The Kier molecular flexibility index (Phi) is 6.32. The summed E-state index contributed by atoms with van der Waals surface area (Å²) in [5.74, 6) is -1.37. The van der Waals surface area contributed by atoms with Crippen LogP contribution in [0.1, 0.15) is 27.8 Å². The van der Waals surface area contributed by atoms with Crippen molar-refractivity contribution in [2.45, 2.75) is 39.3 Å². The molecule has 6 nitrogen and oxygen atoms in total. The SMILES string of the molecule is COC(=O)[C@H]1Cc2ccccc2CN1C(=O)COC(=O)Cc1ccc(C)c(C)c1. The monoisotopic (exact) mass is 395 g/mol. The van der Waals surface area contributed by atoms with Crippen LogP contribution in [0.15, 0.2) is 42.5 Å². The largest absolute Gasteiger partial charge is 0.467 e. The maximum atomic E-state index is 12.7. The molecule has 2 aromatic rings. The lowest BCUT2D eigenvalue weighted by Crippen LogP contribution is -2.50. The van der Waals surface area contributed by atoms with Gasteiger partial charge in [0.15, 0.2) is 6.61 Å². The topological polar surface area (TPSA) is 72.9 Å². The minimum Gasteiger partial charge on any atom is -0.467 e. The van der Waals surface area contributed by atoms with Crippen molar-refractivity contribution in [1.82, 2.24) is 4.90 Å². The van der Waals surface area contributed by atoms with Crippen LogP contribution in [0, 0.1) is 13.8 Å². The Morgan fingerprint density at radius 1 is 1.03 bits per heavy atom. The van der Waals surface area contributed by atoms with Gasteiger partial charge in [-0.1, -0.05) is 42.5 Å². The van der Waals surface area contributed by atoms with Crippen molar-refractivity contribution >= 4 is 17.8 Å². The van der Waals surface area contributed by atoms with E-state index in [4.69, 9.17) is 9.47 Å². The lowest BCUT2D eigenvalue weighted by molar-refractivity contribution is -0.159. The van der Waals surface area contributed by atoms with Gasteiger partial charge in [-0.3, -0.25) is 9.59 Å². The number of hydrogen-bond acceptors (Lipinski definition) is 5. The van der Waals surface area contributed by atoms with E-state index in [9.17, 15) is 14.4 Å². The molecule has 0 saturated heterocycles. The smallest absolute Gasteiger partial charge is 0.328 e. The molecule has 0 bridgehead atoms. The average molecular weight is 395 g/mol. The average Bonchev–Trinajstić information content (AvgIpc) is 2.73. The summed E-state index contributed by atoms with van der Waals surface area (Å²) in [5.41, 5.74) is 5.07. The minimum atomic E-state index is -0.721. The highest BCUT2D eigenvalue weighted by Crippen LogP contribution is 2.24. The first-order valence-electron chi connectivity index (χ1n) is 9.55. The molecule has 1 heterocycles. The molecule has 0 aromatic heterocycles. The summed E-state index contributed by atoms with van der Waals surface area (Å²) in [5, 5.41) is 0. The fourth-order valence-corrected chi connectivity index (χ4v) is 3.49. The molecule has 0 fully saturated rings. The molecular formula is C23H25NO5. The summed E-state index contributed by atoms with van der Waals surface area (Å²) >= 11 is 0. The van der Waals surface area contributed by atoms with Gasteiger partial charge >= 0.3 is 11.9 Å². The van der Waals surface area contributed by atoms with Crippen molar-refractivity contribution in [2.24, 2.45) is 0 Å². The van der Waals surface area contributed by atoms with Gasteiger partial charge in [-0.2, -0.15) is 0 Å². The highest BCUT2D eigenvalue weighted by atomic mass is 16.5.